The van der Waals surface area contributed by atoms with Crippen LogP contribution in [0.2, 0.25) is 0 Å². The lowest BCUT2D eigenvalue weighted by Gasteiger charge is -2.05. The van der Waals surface area contributed by atoms with Crippen LogP contribution in [0.3, 0.4) is 0 Å². The van der Waals surface area contributed by atoms with Gasteiger partial charge in [-0.05, 0) is 0 Å². The second-order valence-corrected chi connectivity index (χ2v) is 3.69. The molecule has 2 aromatic heterocycles. The van der Waals surface area contributed by atoms with Gasteiger partial charge in [-0.25, -0.2) is 9.97 Å². The molecular weight excluding hydrogens is 184 g/mol. The van der Waals surface area contributed by atoms with Crippen LogP contribution in [0.5, 0.6) is 0 Å². The van der Waals surface area contributed by atoms with Gasteiger partial charge >= 0.3 is 0 Å². The average molecular weight is 194 g/mol. The zero-order valence-electron chi connectivity index (χ0n) is 6.97. The minimum Gasteiger partial charge on any atom is -0.347 e. The molecule has 0 aliphatic heterocycles. The van der Waals surface area contributed by atoms with Crippen molar-refractivity contribution < 1.29 is 0 Å². The van der Waals surface area contributed by atoms with Crippen molar-refractivity contribution in [3.05, 3.63) is 34.8 Å². The Morgan fingerprint density at radius 3 is 3.00 bits per heavy atom. The fourth-order valence-electron chi connectivity index (χ4n) is 1.12. The first-order valence-electron chi connectivity index (χ1n) is 3.99. The third-order valence-corrected chi connectivity index (χ3v) is 2.55. The summed E-state index contributed by atoms with van der Waals surface area (Å²) < 4.78 is 0. The topological polar surface area (TPSA) is 67.6 Å². The number of imidazole rings is 1. The van der Waals surface area contributed by atoms with Gasteiger partial charge in [0, 0.05) is 30.4 Å². The highest BCUT2D eigenvalue weighted by atomic mass is 32.1. The summed E-state index contributed by atoms with van der Waals surface area (Å²) in [6.07, 6.45) is 6.01. The Morgan fingerprint density at radius 2 is 2.38 bits per heavy atom. The molecule has 5 heteroatoms. The first-order valence-corrected chi connectivity index (χ1v) is 4.87. The number of rotatable bonds is 3. The van der Waals surface area contributed by atoms with Gasteiger partial charge in [0.25, 0.3) is 0 Å². The molecule has 3 N–H and O–H groups in total. The van der Waals surface area contributed by atoms with Crippen LogP contribution in [0.1, 0.15) is 16.9 Å². The van der Waals surface area contributed by atoms with Crippen LogP contribution in [0.4, 0.5) is 0 Å². The van der Waals surface area contributed by atoms with E-state index in [-0.39, 0.29) is 6.04 Å². The highest BCUT2D eigenvalue weighted by molar-refractivity contribution is 7.09. The molecule has 0 amide bonds. The molecule has 68 valence electrons. The number of nitrogens with zero attached hydrogens (tertiary/aromatic N) is 2. The molecule has 0 bridgehead atoms. The van der Waals surface area contributed by atoms with Gasteiger partial charge in [0.15, 0.2) is 0 Å². The molecule has 0 aliphatic rings. The van der Waals surface area contributed by atoms with E-state index in [1.165, 1.54) is 0 Å². The zero-order chi connectivity index (χ0) is 9.10. The quantitative estimate of drug-likeness (QED) is 0.769. The van der Waals surface area contributed by atoms with Crippen molar-refractivity contribution >= 4 is 11.3 Å². The van der Waals surface area contributed by atoms with Gasteiger partial charge < -0.3 is 10.7 Å². The minimum absolute atomic E-state index is 0.0823. The minimum atomic E-state index is -0.0823. The van der Waals surface area contributed by atoms with Crippen LogP contribution in [-0.4, -0.2) is 15.0 Å². The number of thiazole rings is 1. The molecule has 0 saturated carbocycles. The van der Waals surface area contributed by atoms with E-state index < -0.39 is 0 Å². The summed E-state index contributed by atoms with van der Waals surface area (Å²) >= 11 is 1.62. The smallest absolute Gasteiger partial charge is 0.123 e. The van der Waals surface area contributed by atoms with Crippen LogP contribution in [0.25, 0.3) is 0 Å². The molecule has 2 heterocycles. The lowest BCUT2D eigenvalue weighted by molar-refractivity contribution is 0.675. The lowest BCUT2D eigenvalue weighted by Crippen LogP contribution is -2.14. The normalized spacial score (nSPS) is 13.0. The van der Waals surface area contributed by atoms with Crippen molar-refractivity contribution in [3.8, 4) is 0 Å². The van der Waals surface area contributed by atoms with Crippen molar-refractivity contribution in [1.82, 2.24) is 15.0 Å². The summed E-state index contributed by atoms with van der Waals surface area (Å²) in [5, 5.41) is 2.99. The number of aromatic amines is 1. The van der Waals surface area contributed by atoms with Gasteiger partial charge in [-0.15, -0.1) is 11.3 Å². The number of nitrogens with two attached hydrogens (primary N) is 1. The molecule has 0 radical (unpaired) electrons. The van der Waals surface area contributed by atoms with E-state index in [9.17, 15) is 0 Å². The van der Waals surface area contributed by atoms with E-state index in [1.54, 1.807) is 29.9 Å². The van der Waals surface area contributed by atoms with Crippen molar-refractivity contribution in [1.29, 1.82) is 0 Å². The van der Waals surface area contributed by atoms with E-state index in [0.717, 1.165) is 17.3 Å². The SMILES string of the molecule is NC(Cc1nccs1)c1ncc[nH]1. The lowest BCUT2D eigenvalue weighted by atomic mass is 10.2. The molecule has 2 rings (SSSR count). The van der Waals surface area contributed by atoms with Crippen LogP contribution in [-0.2, 0) is 6.42 Å². The summed E-state index contributed by atoms with van der Waals surface area (Å²) in [7, 11) is 0. The molecular formula is C8H10N4S. The van der Waals surface area contributed by atoms with Crippen molar-refractivity contribution in [2.45, 2.75) is 12.5 Å². The van der Waals surface area contributed by atoms with E-state index in [4.69, 9.17) is 5.73 Å². The fraction of sp³-hybridized carbons (Fsp3) is 0.250. The predicted molar refractivity (Wildman–Crippen MR) is 51.3 cm³/mol. The van der Waals surface area contributed by atoms with E-state index in [0.29, 0.717) is 0 Å². The Bertz CT molecular complexity index is 340. The highest BCUT2D eigenvalue weighted by Crippen LogP contribution is 2.13. The number of aromatic nitrogens is 3. The van der Waals surface area contributed by atoms with Crippen LogP contribution >= 0.6 is 11.3 Å². The maximum Gasteiger partial charge on any atom is 0.123 e. The number of H-pyrrole nitrogens is 1. The first-order chi connectivity index (χ1) is 6.36. The molecule has 0 fully saturated rings. The molecule has 1 unspecified atom stereocenters. The molecule has 4 nitrogen and oxygen atoms in total. The van der Waals surface area contributed by atoms with Crippen LogP contribution < -0.4 is 5.73 Å². The maximum absolute atomic E-state index is 5.90. The van der Waals surface area contributed by atoms with Gasteiger partial charge in [-0.2, -0.15) is 0 Å². The molecule has 1 atom stereocenters. The fourth-order valence-corrected chi connectivity index (χ4v) is 1.80. The summed E-state index contributed by atoms with van der Waals surface area (Å²) in [5.41, 5.74) is 5.90. The monoisotopic (exact) mass is 194 g/mol. The van der Waals surface area contributed by atoms with Crippen LogP contribution in [0, 0.1) is 0 Å². The third kappa shape index (κ3) is 1.93. The molecule has 13 heavy (non-hydrogen) atoms. The Balaban J connectivity index is 2.04. The van der Waals surface area contributed by atoms with E-state index in [1.807, 2.05) is 5.38 Å². The molecule has 0 saturated heterocycles. The maximum atomic E-state index is 5.90. The van der Waals surface area contributed by atoms with Crippen molar-refractivity contribution in [2.75, 3.05) is 0 Å². The van der Waals surface area contributed by atoms with Gasteiger partial charge in [0.1, 0.15) is 5.82 Å². The summed E-state index contributed by atoms with van der Waals surface area (Å²) in [6.45, 7) is 0. The largest absolute Gasteiger partial charge is 0.347 e. The van der Waals surface area contributed by atoms with E-state index >= 15 is 0 Å². The number of hydrogen-bond donors (Lipinski definition) is 2. The molecule has 0 aliphatic carbocycles. The number of nitrogens with one attached hydrogen (secondary N) is 1. The van der Waals surface area contributed by atoms with Gasteiger partial charge in [-0.3, -0.25) is 0 Å². The summed E-state index contributed by atoms with van der Waals surface area (Å²) in [4.78, 5) is 11.2. The third-order valence-electron chi connectivity index (χ3n) is 1.75. The van der Waals surface area contributed by atoms with Gasteiger partial charge in [-0.1, -0.05) is 0 Å². The van der Waals surface area contributed by atoms with Gasteiger partial charge in [0.2, 0.25) is 0 Å². The number of hydrogen-bond acceptors (Lipinski definition) is 4. The van der Waals surface area contributed by atoms with Crippen molar-refractivity contribution in [3.63, 3.8) is 0 Å². The molecule has 0 spiro atoms. The first kappa shape index (κ1) is 8.40. The Labute approximate surface area is 79.8 Å². The highest BCUT2D eigenvalue weighted by Gasteiger charge is 2.09. The Morgan fingerprint density at radius 1 is 1.46 bits per heavy atom. The summed E-state index contributed by atoms with van der Waals surface area (Å²) in [6, 6.07) is -0.0823. The predicted octanol–water partition coefficient (Wildman–Crippen LogP) is 1.11. The molecule has 2 aromatic rings. The van der Waals surface area contributed by atoms with E-state index in [2.05, 4.69) is 15.0 Å². The van der Waals surface area contributed by atoms with Gasteiger partial charge in [0.05, 0.1) is 11.0 Å². The van der Waals surface area contributed by atoms with Crippen LogP contribution in [0.15, 0.2) is 24.0 Å². The second kappa shape index (κ2) is 3.68. The zero-order valence-corrected chi connectivity index (χ0v) is 7.79. The second-order valence-electron chi connectivity index (χ2n) is 2.71. The molecule has 0 aromatic carbocycles. The Kier molecular flexibility index (Phi) is 2.37. The average Bonchev–Trinajstić information content (AvgIpc) is 2.74. The van der Waals surface area contributed by atoms with Crippen molar-refractivity contribution in [2.24, 2.45) is 5.73 Å². The standard InChI is InChI=1S/C8H10N4S/c9-6(8-11-1-2-12-8)5-7-10-3-4-13-7/h1-4,6H,5,9H2,(H,11,12). The Hall–Kier alpha value is -1.20. The summed E-state index contributed by atoms with van der Waals surface area (Å²) in [5.74, 6) is 0.815.